The number of nitrogens with one attached hydrogen (secondary N) is 1. The van der Waals surface area contributed by atoms with Crippen LogP contribution in [0.1, 0.15) is 12.8 Å². The van der Waals surface area contributed by atoms with Gasteiger partial charge in [0.25, 0.3) is 0 Å². The summed E-state index contributed by atoms with van der Waals surface area (Å²) in [6.07, 6.45) is 5.47. The summed E-state index contributed by atoms with van der Waals surface area (Å²) in [4.78, 5) is 20.4. The monoisotopic (exact) mass is 294 g/mol. The van der Waals surface area contributed by atoms with Gasteiger partial charge in [-0.3, -0.25) is 14.8 Å². The third-order valence-electron chi connectivity index (χ3n) is 3.66. The summed E-state index contributed by atoms with van der Waals surface area (Å²) in [5, 5.41) is 11.7. The molecule has 2 aromatic heterocycles. The normalized spacial score (nSPS) is 14.2. The zero-order valence-electron chi connectivity index (χ0n) is 12.0. The first-order valence-electron chi connectivity index (χ1n) is 7.13. The summed E-state index contributed by atoms with van der Waals surface area (Å²) < 4.78 is 1.65. The molecule has 1 amide bonds. The number of amides is 1. The van der Waals surface area contributed by atoms with Crippen molar-refractivity contribution in [2.45, 2.75) is 12.8 Å². The van der Waals surface area contributed by atoms with Gasteiger partial charge in [0.2, 0.25) is 11.9 Å². The number of hydrogen-bond acceptors (Lipinski definition) is 5. The lowest BCUT2D eigenvalue weighted by atomic mass is 10.1. The number of nitrogens with zero attached hydrogens (tertiary/aromatic N) is 5. The number of aryl methyl sites for hydroxylation is 1. The molecule has 110 valence electrons. The van der Waals surface area contributed by atoms with Crippen LogP contribution in [0.15, 0.2) is 30.6 Å². The smallest absolute Gasteiger partial charge is 0.229 e. The predicted octanol–water partition coefficient (Wildman–Crippen LogP) is 1.77. The number of anilines is 1. The lowest BCUT2D eigenvalue weighted by molar-refractivity contribution is -0.117. The summed E-state index contributed by atoms with van der Waals surface area (Å²) in [5.41, 5.74) is 2.48. The molecule has 0 atom stereocenters. The van der Waals surface area contributed by atoms with Crippen molar-refractivity contribution in [2.75, 3.05) is 5.32 Å². The molecule has 2 heterocycles. The van der Waals surface area contributed by atoms with E-state index < -0.39 is 0 Å². The highest BCUT2D eigenvalue weighted by molar-refractivity contribution is 5.93. The molecule has 0 saturated heterocycles. The number of aromatic nitrogens is 5. The molecule has 0 bridgehead atoms. The molecule has 1 aliphatic carbocycles. The second kappa shape index (κ2) is 4.87. The molecule has 0 aliphatic heterocycles. The molecule has 1 aliphatic rings. The molecular weight excluding hydrogens is 280 g/mol. The molecule has 1 saturated carbocycles. The highest BCUT2D eigenvalue weighted by atomic mass is 16.2. The average Bonchev–Trinajstić information content (AvgIpc) is 3.28. The lowest BCUT2D eigenvalue weighted by Gasteiger charge is -2.04. The van der Waals surface area contributed by atoms with Crippen LogP contribution in [0.5, 0.6) is 0 Å². The standard InChI is InChI=1S/C15H14N6O/c1-21-8-13(19-20-21)10-4-5-11-7-16-15(17-12(11)6-10)18-14(22)9-2-3-9/h4-9H,2-3H2,1H3,(H,16,17,18,22). The van der Waals surface area contributed by atoms with Crippen LogP contribution in [-0.4, -0.2) is 30.9 Å². The Bertz CT molecular complexity index is 867. The molecular formula is C15H14N6O. The zero-order valence-corrected chi connectivity index (χ0v) is 12.0. The molecule has 1 aromatic carbocycles. The van der Waals surface area contributed by atoms with Crippen LogP contribution in [0.25, 0.3) is 22.2 Å². The molecule has 7 nitrogen and oxygen atoms in total. The highest BCUT2D eigenvalue weighted by Gasteiger charge is 2.30. The minimum atomic E-state index is 0.00410. The number of benzene rings is 1. The Hall–Kier alpha value is -2.83. The maximum absolute atomic E-state index is 11.8. The van der Waals surface area contributed by atoms with E-state index in [2.05, 4.69) is 25.6 Å². The largest absolute Gasteiger partial charge is 0.294 e. The molecule has 0 radical (unpaired) electrons. The molecule has 1 N–H and O–H groups in total. The molecule has 7 heteroatoms. The molecule has 0 spiro atoms. The van der Waals surface area contributed by atoms with Crippen molar-refractivity contribution in [1.82, 2.24) is 25.0 Å². The second-order valence-corrected chi connectivity index (χ2v) is 5.51. The molecule has 0 unspecified atom stereocenters. The quantitative estimate of drug-likeness (QED) is 0.795. The Kier molecular flexibility index (Phi) is 2.85. The summed E-state index contributed by atoms with van der Waals surface area (Å²) in [6, 6.07) is 5.82. The molecule has 22 heavy (non-hydrogen) atoms. The van der Waals surface area contributed by atoms with Crippen LogP contribution >= 0.6 is 0 Å². The topological polar surface area (TPSA) is 85.6 Å². The number of carbonyl (C=O) groups excluding carboxylic acids is 1. The second-order valence-electron chi connectivity index (χ2n) is 5.51. The van der Waals surface area contributed by atoms with Crippen molar-refractivity contribution in [3.05, 3.63) is 30.6 Å². The predicted molar refractivity (Wildman–Crippen MR) is 80.9 cm³/mol. The Labute approximate surface area is 126 Å². The van der Waals surface area contributed by atoms with Gasteiger partial charge in [-0.25, -0.2) is 9.97 Å². The van der Waals surface area contributed by atoms with Crippen LogP contribution in [0.2, 0.25) is 0 Å². The van der Waals surface area contributed by atoms with E-state index in [0.717, 1.165) is 35.0 Å². The van der Waals surface area contributed by atoms with Gasteiger partial charge in [-0.1, -0.05) is 17.3 Å². The number of rotatable bonds is 3. The first-order chi connectivity index (χ1) is 10.7. The van der Waals surface area contributed by atoms with Crippen molar-refractivity contribution in [2.24, 2.45) is 13.0 Å². The van der Waals surface area contributed by atoms with E-state index in [1.54, 1.807) is 10.9 Å². The van der Waals surface area contributed by atoms with E-state index in [0.29, 0.717) is 5.95 Å². The van der Waals surface area contributed by atoms with Gasteiger partial charge in [-0.05, 0) is 18.9 Å². The first kappa shape index (κ1) is 12.9. The van der Waals surface area contributed by atoms with Crippen molar-refractivity contribution in [1.29, 1.82) is 0 Å². The van der Waals surface area contributed by atoms with Crippen LogP contribution in [0.3, 0.4) is 0 Å². The fraction of sp³-hybridized carbons (Fsp3) is 0.267. The third-order valence-corrected chi connectivity index (χ3v) is 3.66. The number of hydrogen-bond donors (Lipinski definition) is 1. The van der Waals surface area contributed by atoms with Gasteiger partial charge >= 0.3 is 0 Å². The molecule has 4 rings (SSSR count). The van der Waals surface area contributed by atoms with E-state index >= 15 is 0 Å². The van der Waals surface area contributed by atoms with Crippen LogP contribution < -0.4 is 5.32 Å². The maximum Gasteiger partial charge on any atom is 0.229 e. The SMILES string of the molecule is Cn1cc(-c2ccc3cnc(NC(=O)C4CC4)nc3c2)nn1. The van der Waals surface area contributed by atoms with E-state index in [1.165, 1.54) is 0 Å². The molecule has 1 fully saturated rings. The van der Waals surface area contributed by atoms with Gasteiger partial charge in [-0.15, -0.1) is 5.10 Å². The van der Waals surface area contributed by atoms with Crippen LogP contribution in [-0.2, 0) is 11.8 Å². The van der Waals surface area contributed by atoms with Gasteiger partial charge in [-0.2, -0.15) is 0 Å². The van der Waals surface area contributed by atoms with Gasteiger partial charge < -0.3 is 0 Å². The van der Waals surface area contributed by atoms with Crippen molar-refractivity contribution in [3.8, 4) is 11.3 Å². The minimum Gasteiger partial charge on any atom is -0.294 e. The van der Waals surface area contributed by atoms with Crippen molar-refractivity contribution >= 4 is 22.8 Å². The average molecular weight is 294 g/mol. The third kappa shape index (κ3) is 2.41. The summed E-state index contributed by atoms with van der Waals surface area (Å²) >= 11 is 0. The van der Waals surface area contributed by atoms with E-state index in [9.17, 15) is 4.79 Å². The van der Waals surface area contributed by atoms with Crippen LogP contribution in [0, 0.1) is 5.92 Å². The Morgan fingerprint density at radius 2 is 2.23 bits per heavy atom. The van der Waals surface area contributed by atoms with Gasteiger partial charge in [0.1, 0.15) is 5.69 Å². The summed E-state index contributed by atoms with van der Waals surface area (Å²) in [6.45, 7) is 0. The summed E-state index contributed by atoms with van der Waals surface area (Å²) in [5.74, 6) is 0.482. The Balaban J connectivity index is 1.69. The number of carbonyl (C=O) groups is 1. The van der Waals surface area contributed by atoms with E-state index in [4.69, 9.17) is 0 Å². The maximum atomic E-state index is 11.8. The van der Waals surface area contributed by atoms with Gasteiger partial charge in [0, 0.05) is 30.1 Å². The van der Waals surface area contributed by atoms with Crippen LogP contribution in [0.4, 0.5) is 5.95 Å². The van der Waals surface area contributed by atoms with Gasteiger partial charge in [0.15, 0.2) is 0 Å². The fourth-order valence-electron chi connectivity index (χ4n) is 2.28. The zero-order chi connectivity index (χ0) is 15.1. The van der Waals surface area contributed by atoms with E-state index in [1.807, 2.05) is 31.4 Å². The van der Waals surface area contributed by atoms with Crippen molar-refractivity contribution < 1.29 is 4.79 Å². The lowest BCUT2D eigenvalue weighted by Crippen LogP contribution is -2.15. The van der Waals surface area contributed by atoms with Gasteiger partial charge in [0.05, 0.1) is 11.7 Å². The highest BCUT2D eigenvalue weighted by Crippen LogP contribution is 2.30. The molecule has 3 aromatic rings. The fourth-order valence-corrected chi connectivity index (χ4v) is 2.28. The number of fused-ring (bicyclic) bond motifs is 1. The van der Waals surface area contributed by atoms with E-state index in [-0.39, 0.29) is 11.8 Å². The first-order valence-corrected chi connectivity index (χ1v) is 7.13. The summed E-state index contributed by atoms with van der Waals surface area (Å²) in [7, 11) is 1.82. The minimum absolute atomic E-state index is 0.00410. The Morgan fingerprint density at radius 1 is 1.36 bits per heavy atom. The Morgan fingerprint density at radius 3 is 2.95 bits per heavy atom. The van der Waals surface area contributed by atoms with Crippen molar-refractivity contribution in [3.63, 3.8) is 0 Å².